The molecule has 11 heteroatoms. The van der Waals surface area contributed by atoms with Gasteiger partial charge >= 0.3 is 5.97 Å². The average molecular weight is 455 g/mol. The lowest BCUT2D eigenvalue weighted by Gasteiger charge is -2.15. The molecular weight excluding hydrogens is 440 g/mol. The molecular formula is C20H15ClN6O3S. The Kier molecular flexibility index (Phi) is 6.01. The predicted molar refractivity (Wildman–Crippen MR) is 115 cm³/mol. The highest BCUT2D eigenvalue weighted by Crippen LogP contribution is 2.37. The number of nitrogens with zero attached hydrogens (tertiary/aromatic N) is 5. The van der Waals surface area contributed by atoms with E-state index in [0.29, 0.717) is 21.0 Å². The molecule has 0 aliphatic carbocycles. The summed E-state index contributed by atoms with van der Waals surface area (Å²) < 4.78 is 6.19. The molecule has 1 atom stereocenters. The fourth-order valence-electron chi connectivity index (χ4n) is 2.96. The first-order valence-corrected chi connectivity index (χ1v) is 10.2. The van der Waals surface area contributed by atoms with E-state index in [4.69, 9.17) is 16.3 Å². The number of rotatable bonds is 6. The van der Waals surface area contributed by atoms with E-state index < -0.39 is 17.9 Å². The molecule has 0 bridgehead atoms. The number of hydrogen-bond acceptors (Lipinski definition) is 8. The molecule has 0 radical (unpaired) electrons. The van der Waals surface area contributed by atoms with E-state index in [0.717, 1.165) is 11.3 Å². The van der Waals surface area contributed by atoms with Gasteiger partial charge in [-0.2, -0.15) is 0 Å². The third kappa shape index (κ3) is 4.30. The van der Waals surface area contributed by atoms with Gasteiger partial charge in [0.15, 0.2) is 16.9 Å². The third-order valence-corrected chi connectivity index (χ3v) is 5.68. The number of anilines is 1. The van der Waals surface area contributed by atoms with E-state index >= 15 is 0 Å². The van der Waals surface area contributed by atoms with Crippen LogP contribution in [0.5, 0.6) is 0 Å². The quantitative estimate of drug-likeness (QED) is 0.444. The molecule has 0 saturated carbocycles. The van der Waals surface area contributed by atoms with Gasteiger partial charge in [-0.05, 0) is 22.1 Å². The molecule has 0 aliphatic rings. The summed E-state index contributed by atoms with van der Waals surface area (Å²) in [5, 5.41) is 14.5. The van der Waals surface area contributed by atoms with Crippen LogP contribution >= 0.6 is 22.9 Å². The van der Waals surface area contributed by atoms with Crippen LogP contribution in [0.25, 0.3) is 10.4 Å². The van der Waals surface area contributed by atoms with E-state index in [1.54, 1.807) is 36.4 Å². The highest BCUT2D eigenvalue weighted by molar-refractivity contribution is 7.19. The van der Waals surface area contributed by atoms with Crippen LogP contribution in [0, 0.1) is 0 Å². The summed E-state index contributed by atoms with van der Waals surface area (Å²) in [5.41, 5.74) is 1.36. The monoisotopic (exact) mass is 454 g/mol. The van der Waals surface area contributed by atoms with Crippen LogP contribution in [-0.4, -0.2) is 44.2 Å². The molecule has 31 heavy (non-hydrogen) atoms. The largest absolute Gasteiger partial charge is 0.464 e. The number of halogens is 1. The second kappa shape index (κ2) is 9.02. The molecule has 1 amide bonds. The maximum absolute atomic E-state index is 13.2. The molecule has 0 aliphatic heterocycles. The lowest BCUT2D eigenvalue weighted by Crippen LogP contribution is -2.27. The average Bonchev–Trinajstić information content (AvgIpc) is 3.45. The summed E-state index contributed by atoms with van der Waals surface area (Å²) in [7, 11) is 1.26. The molecule has 2 aromatic heterocycles. The van der Waals surface area contributed by atoms with E-state index in [1.165, 1.54) is 18.1 Å². The van der Waals surface area contributed by atoms with Crippen molar-refractivity contribution in [3.05, 3.63) is 77.2 Å². The van der Waals surface area contributed by atoms with E-state index in [9.17, 15) is 9.59 Å². The first-order valence-electron chi connectivity index (χ1n) is 9.01. The number of benzene rings is 2. The van der Waals surface area contributed by atoms with Crippen molar-refractivity contribution in [3.8, 4) is 10.4 Å². The van der Waals surface area contributed by atoms with Crippen molar-refractivity contribution in [2.45, 2.75) is 6.04 Å². The molecule has 1 N–H and O–H groups in total. The maximum Gasteiger partial charge on any atom is 0.358 e. The Balaban J connectivity index is 1.71. The van der Waals surface area contributed by atoms with Crippen molar-refractivity contribution in [3.63, 3.8) is 0 Å². The second-order valence-electron chi connectivity index (χ2n) is 6.26. The fraction of sp³-hybridized carbons (Fsp3) is 0.100. The fourth-order valence-corrected chi connectivity index (χ4v) is 4.24. The van der Waals surface area contributed by atoms with Crippen molar-refractivity contribution >= 4 is 39.9 Å². The molecule has 1 unspecified atom stereocenters. The molecule has 2 aromatic carbocycles. The Labute approximate surface area is 185 Å². The minimum absolute atomic E-state index is 0.0644. The van der Waals surface area contributed by atoms with Crippen molar-refractivity contribution in [2.24, 2.45) is 0 Å². The van der Waals surface area contributed by atoms with Crippen molar-refractivity contribution in [1.29, 1.82) is 0 Å². The molecule has 9 nitrogen and oxygen atoms in total. The number of nitrogens with one attached hydrogen (secondary N) is 1. The highest BCUT2D eigenvalue weighted by atomic mass is 35.5. The summed E-state index contributed by atoms with van der Waals surface area (Å²) in [6.45, 7) is 0. The Morgan fingerprint density at radius 3 is 2.55 bits per heavy atom. The first kappa shape index (κ1) is 20.6. The number of ether oxygens (including phenoxy) is 1. The maximum atomic E-state index is 13.2. The zero-order chi connectivity index (χ0) is 21.8. The minimum Gasteiger partial charge on any atom is -0.464 e. The molecule has 0 spiro atoms. The lowest BCUT2D eigenvalue weighted by molar-refractivity contribution is -0.118. The van der Waals surface area contributed by atoms with Crippen LogP contribution in [0.3, 0.4) is 0 Å². The van der Waals surface area contributed by atoms with Crippen LogP contribution in [-0.2, 0) is 9.53 Å². The number of hydrogen-bond donors (Lipinski definition) is 1. The van der Waals surface area contributed by atoms with Gasteiger partial charge < -0.3 is 4.74 Å². The highest BCUT2D eigenvalue weighted by Gasteiger charge is 2.27. The van der Waals surface area contributed by atoms with Crippen LogP contribution in [0.15, 0.2) is 60.9 Å². The van der Waals surface area contributed by atoms with Gasteiger partial charge in [0.05, 0.1) is 12.0 Å². The number of methoxy groups -OCH3 is 1. The second-order valence-corrected chi connectivity index (χ2v) is 7.67. The molecule has 4 aromatic rings. The van der Waals surface area contributed by atoms with E-state index in [1.807, 2.05) is 18.2 Å². The zero-order valence-corrected chi connectivity index (χ0v) is 17.7. The van der Waals surface area contributed by atoms with Gasteiger partial charge in [0.25, 0.3) is 5.91 Å². The van der Waals surface area contributed by atoms with Gasteiger partial charge in [-0.3, -0.25) is 10.1 Å². The van der Waals surface area contributed by atoms with Crippen molar-refractivity contribution < 1.29 is 14.3 Å². The standard InChI is InChI=1S/C20H15ClN6O3S/c1-30-19(29)15-17(13-9-5-6-10-14(13)21)31-20(23-15)24-18(28)16(27-11-22-25-26-27)12-7-3-2-4-8-12/h2-11,16H,1H3,(H,23,24,28). The summed E-state index contributed by atoms with van der Waals surface area (Å²) in [6, 6.07) is 15.3. The van der Waals surface area contributed by atoms with Gasteiger partial charge in [0.1, 0.15) is 6.33 Å². The number of carbonyl (C=O) groups excluding carboxylic acids is 2. The smallest absolute Gasteiger partial charge is 0.358 e. The summed E-state index contributed by atoms with van der Waals surface area (Å²) in [4.78, 5) is 30.2. The Hall–Kier alpha value is -3.63. The van der Waals surface area contributed by atoms with Gasteiger partial charge in [-0.15, -0.1) is 5.10 Å². The Morgan fingerprint density at radius 1 is 1.13 bits per heavy atom. The van der Waals surface area contributed by atoms with Crippen LogP contribution in [0.1, 0.15) is 22.1 Å². The van der Waals surface area contributed by atoms with E-state index in [2.05, 4.69) is 25.8 Å². The van der Waals surface area contributed by atoms with Gasteiger partial charge in [0, 0.05) is 10.6 Å². The summed E-state index contributed by atoms with van der Waals surface area (Å²) >= 11 is 7.42. The molecule has 0 fully saturated rings. The number of thiazole rings is 1. The molecule has 0 saturated heterocycles. The summed E-state index contributed by atoms with van der Waals surface area (Å²) in [5.74, 6) is -1.05. The molecule has 2 heterocycles. The number of esters is 1. The van der Waals surface area contributed by atoms with Gasteiger partial charge in [-0.1, -0.05) is 71.5 Å². The number of aromatic nitrogens is 5. The topological polar surface area (TPSA) is 112 Å². The molecule has 4 rings (SSSR count). The molecule has 156 valence electrons. The van der Waals surface area contributed by atoms with Crippen LogP contribution in [0.2, 0.25) is 5.02 Å². The minimum atomic E-state index is -0.828. The van der Waals surface area contributed by atoms with Crippen molar-refractivity contribution in [2.75, 3.05) is 12.4 Å². The van der Waals surface area contributed by atoms with Gasteiger partial charge in [0.2, 0.25) is 0 Å². The lowest BCUT2D eigenvalue weighted by atomic mass is 10.1. The number of carbonyl (C=O) groups is 2. The first-order chi connectivity index (χ1) is 15.1. The Morgan fingerprint density at radius 2 is 1.87 bits per heavy atom. The zero-order valence-electron chi connectivity index (χ0n) is 16.1. The normalized spacial score (nSPS) is 11.7. The van der Waals surface area contributed by atoms with Gasteiger partial charge in [-0.25, -0.2) is 14.5 Å². The predicted octanol–water partition coefficient (Wildman–Crippen LogP) is 3.46. The Bertz CT molecular complexity index is 1210. The van der Waals surface area contributed by atoms with Crippen LogP contribution in [0.4, 0.5) is 5.13 Å². The summed E-state index contributed by atoms with van der Waals surface area (Å²) in [6.07, 6.45) is 1.36. The SMILES string of the molecule is COC(=O)c1nc(NC(=O)C(c2ccccc2)n2cnnn2)sc1-c1ccccc1Cl. The van der Waals surface area contributed by atoms with E-state index in [-0.39, 0.29) is 10.8 Å². The number of tetrazole rings is 1. The third-order valence-electron chi connectivity index (χ3n) is 4.35. The number of amides is 1. The van der Waals surface area contributed by atoms with Crippen LogP contribution < -0.4 is 5.32 Å². The van der Waals surface area contributed by atoms with Crippen molar-refractivity contribution in [1.82, 2.24) is 25.2 Å².